The summed E-state index contributed by atoms with van der Waals surface area (Å²) in [5, 5.41) is 0. The molecule has 20 heavy (non-hydrogen) atoms. The predicted molar refractivity (Wildman–Crippen MR) is 67.4 cm³/mol. The van der Waals surface area contributed by atoms with Gasteiger partial charge in [-0.15, -0.1) is 6.08 Å². The molecule has 0 heterocycles. The maximum absolute atomic E-state index is 12.3. The van der Waals surface area contributed by atoms with E-state index in [-0.39, 0.29) is 12.5 Å². The van der Waals surface area contributed by atoms with Crippen molar-refractivity contribution < 1.29 is 26.1 Å². The first-order valence-electron chi connectivity index (χ1n) is 6.18. The van der Waals surface area contributed by atoms with Crippen molar-refractivity contribution in [1.82, 2.24) is 0 Å². The lowest BCUT2D eigenvalue weighted by molar-refractivity contribution is -0.130. The SMILES string of the molecule is F[B-](F)(F)C(/C=C/CCCc1ccccc1)C(F)(F)F. The Hall–Kier alpha value is -1.40. The Morgan fingerprint density at radius 3 is 2.15 bits per heavy atom. The molecule has 7 heteroatoms. The summed E-state index contributed by atoms with van der Waals surface area (Å²) in [7, 11) is 0. The van der Waals surface area contributed by atoms with Crippen LogP contribution in [0, 0.1) is 0 Å². The highest BCUT2D eigenvalue weighted by atomic mass is 19.4. The van der Waals surface area contributed by atoms with Gasteiger partial charge in [0, 0.05) is 5.82 Å². The molecular formula is C13H14BF6-. The lowest BCUT2D eigenvalue weighted by Crippen LogP contribution is -2.34. The molecule has 1 rings (SSSR count). The maximum atomic E-state index is 12.3. The molecule has 112 valence electrons. The van der Waals surface area contributed by atoms with Gasteiger partial charge in [0.1, 0.15) is 0 Å². The molecule has 0 aromatic heterocycles. The van der Waals surface area contributed by atoms with Gasteiger partial charge in [-0.05, 0) is 24.8 Å². The average molecular weight is 295 g/mol. The summed E-state index contributed by atoms with van der Waals surface area (Å²) in [5.74, 6) is -3.32. The summed E-state index contributed by atoms with van der Waals surface area (Å²) >= 11 is 0. The van der Waals surface area contributed by atoms with Crippen molar-refractivity contribution in [1.29, 1.82) is 0 Å². The van der Waals surface area contributed by atoms with Gasteiger partial charge in [-0.1, -0.05) is 36.4 Å². The molecule has 0 saturated carbocycles. The third-order valence-electron chi connectivity index (χ3n) is 2.81. The first kappa shape index (κ1) is 16.7. The highest BCUT2D eigenvalue weighted by Crippen LogP contribution is 2.42. The van der Waals surface area contributed by atoms with Gasteiger partial charge in [0.15, 0.2) is 0 Å². The van der Waals surface area contributed by atoms with E-state index in [4.69, 9.17) is 0 Å². The lowest BCUT2D eigenvalue weighted by atomic mass is 9.72. The Bertz CT molecular complexity index is 407. The van der Waals surface area contributed by atoms with E-state index in [9.17, 15) is 26.1 Å². The first-order valence-corrected chi connectivity index (χ1v) is 6.18. The zero-order chi connectivity index (χ0) is 15.2. The molecule has 0 saturated heterocycles. The highest BCUT2D eigenvalue weighted by molar-refractivity contribution is 6.61. The van der Waals surface area contributed by atoms with Crippen molar-refractivity contribution in [3.8, 4) is 0 Å². The fraction of sp³-hybridized carbons (Fsp3) is 0.385. The summed E-state index contributed by atoms with van der Waals surface area (Å²) in [4.78, 5) is 0. The van der Waals surface area contributed by atoms with E-state index in [0.29, 0.717) is 12.8 Å². The quantitative estimate of drug-likeness (QED) is 0.287. The molecule has 1 aromatic rings. The summed E-state index contributed by atoms with van der Waals surface area (Å²) in [6.07, 6.45) is -2.75. The molecule has 1 aromatic carbocycles. The second-order valence-electron chi connectivity index (χ2n) is 4.50. The number of hydrogen-bond donors (Lipinski definition) is 0. The van der Waals surface area contributed by atoms with Crippen LogP contribution in [0.4, 0.5) is 26.1 Å². The van der Waals surface area contributed by atoms with E-state index in [1.54, 1.807) is 0 Å². The van der Waals surface area contributed by atoms with Crippen LogP contribution >= 0.6 is 0 Å². The van der Waals surface area contributed by atoms with Crippen LogP contribution in [0.25, 0.3) is 0 Å². The highest BCUT2D eigenvalue weighted by Gasteiger charge is 2.50. The van der Waals surface area contributed by atoms with E-state index < -0.39 is 19.0 Å². The summed E-state index contributed by atoms with van der Waals surface area (Å²) < 4.78 is 73.5. The zero-order valence-corrected chi connectivity index (χ0v) is 10.6. The van der Waals surface area contributed by atoms with Crippen LogP contribution in [0.5, 0.6) is 0 Å². The Morgan fingerprint density at radius 1 is 1.05 bits per heavy atom. The number of hydrogen-bond acceptors (Lipinski definition) is 0. The van der Waals surface area contributed by atoms with Crippen molar-refractivity contribution in [3.05, 3.63) is 48.0 Å². The minimum Gasteiger partial charge on any atom is -0.448 e. The van der Waals surface area contributed by atoms with Crippen LogP contribution < -0.4 is 0 Å². The molecule has 0 aliphatic rings. The topological polar surface area (TPSA) is 0 Å². The Morgan fingerprint density at radius 2 is 1.65 bits per heavy atom. The van der Waals surface area contributed by atoms with Crippen LogP contribution in [0.15, 0.2) is 42.5 Å². The number of alkyl halides is 3. The fourth-order valence-electron chi connectivity index (χ4n) is 1.76. The van der Waals surface area contributed by atoms with Crippen LogP contribution in [-0.2, 0) is 6.42 Å². The van der Waals surface area contributed by atoms with Crippen molar-refractivity contribution in [2.24, 2.45) is 0 Å². The standard InChI is InChI=1S/C13H14BF6/c15-13(16,17)12(14(18,19)20)10-6-2-5-9-11-7-3-1-4-8-11/h1,3-4,6-8,10,12H,2,5,9H2/q-1/b10-6+. The molecule has 1 unspecified atom stereocenters. The van der Waals surface area contributed by atoms with Crippen molar-refractivity contribution in [2.45, 2.75) is 31.3 Å². The van der Waals surface area contributed by atoms with Crippen molar-refractivity contribution in [3.63, 3.8) is 0 Å². The van der Waals surface area contributed by atoms with Gasteiger partial charge in [-0.2, -0.15) is 13.2 Å². The number of rotatable bonds is 6. The molecular weight excluding hydrogens is 281 g/mol. The second kappa shape index (κ2) is 6.86. The number of halogens is 6. The predicted octanol–water partition coefficient (Wildman–Crippen LogP) is 5.35. The van der Waals surface area contributed by atoms with Crippen LogP contribution in [0.2, 0.25) is 5.82 Å². The Kier molecular flexibility index (Phi) is 5.71. The summed E-state index contributed by atoms with van der Waals surface area (Å²) in [6.45, 7) is -5.95. The van der Waals surface area contributed by atoms with E-state index in [2.05, 4.69) is 0 Å². The van der Waals surface area contributed by atoms with Crippen molar-refractivity contribution in [2.75, 3.05) is 0 Å². The average Bonchev–Trinajstić information content (AvgIpc) is 2.31. The van der Waals surface area contributed by atoms with Gasteiger partial charge in [0.2, 0.25) is 0 Å². The monoisotopic (exact) mass is 295 g/mol. The van der Waals surface area contributed by atoms with Gasteiger partial charge in [-0.25, -0.2) is 0 Å². The number of unbranched alkanes of at least 4 members (excludes halogenated alkanes) is 1. The lowest BCUT2D eigenvalue weighted by Gasteiger charge is -2.26. The minimum atomic E-state index is -5.95. The van der Waals surface area contributed by atoms with Crippen LogP contribution in [0.3, 0.4) is 0 Å². The zero-order valence-electron chi connectivity index (χ0n) is 10.6. The number of benzene rings is 1. The van der Waals surface area contributed by atoms with Gasteiger partial charge in [0.25, 0.3) is 0 Å². The van der Waals surface area contributed by atoms with Gasteiger partial charge in [-0.3, -0.25) is 0 Å². The molecule has 0 fully saturated rings. The molecule has 1 atom stereocenters. The largest absolute Gasteiger partial charge is 0.493 e. The summed E-state index contributed by atoms with van der Waals surface area (Å²) in [6, 6.07) is 9.22. The van der Waals surface area contributed by atoms with Crippen molar-refractivity contribution >= 4 is 6.98 Å². The van der Waals surface area contributed by atoms with Crippen LogP contribution in [-0.4, -0.2) is 13.2 Å². The molecule has 0 aliphatic heterocycles. The van der Waals surface area contributed by atoms with E-state index >= 15 is 0 Å². The molecule has 0 bridgehead atoms. The number of aryl methyl sites for hydroxylation is 1. The molecule has 0 N–H and O–H groups in total. The smallest absolute Gasteiger partial charge is 0.448 e. The molecule has 0 radical (unpaired) electrons. The fourth-order valence-corrected chi connectivity index (χ4v) is 1.76. The first-order chi connectivity index (χ1) is 9.21. The van der Waals surface area contributed by atoms with Gasteiger partial charge < -0.3 is 12.9 Å². The van der Waals surface area contributed by atoms with E-state index in [0.717, 1.165) is 11.6 Å². The molecule has 0 spiro atoms. The number of allylic oxidation sites excluding steroid dienone is 2. The van der Waals surface area contributed by atoms with Gasteiger partial charge in [0.05, 0.1) is 0 Å². The van der Waals surface area contributed by atoms with Gasteiger partial charge >= 0.3 is 13.2 Å². The normalized spacial score (nSPS) is 14.7. The van der Waals surface area contributed by atoms with E-state index in [1.165, 1.54) is 0 Å². The molecule has 0 aliphatic carbocycles. The Labute approximate surface area is 113 Å². The second-order valence-corrected chi connectivity index (χ2v) is 4.50. The van der Waals surface area contributed by atoms with Crippen LogP contribution in [0.1, 0.15) is 18.4 Å². The summed E-state index contributed by atoms with van der Waals surface area (Å²) in [5.41, 5.74) is 1.01. The molecule has 0 amide bonds. The molecule has 0 nitrogen and oxygen atoms in total. The maximum Gasteiger partial charge on any atom is 0.493 e. The minimum absolute atomic E-state index is 0.188. The third kappa shape index (κ3) is 5.71. The Balaban J connectivity index is 2.46. The van der Waals surface area contributed by atoms with E-state index in [1.807, 2.05) is 30.3 Å². The third-order valence-corrected chi connectivity index (χ3v) is 2.81.